The number of primary amides is 1. The lowest BCUT2D eigenvalue weighted by molar-refractivity contribution is -0.151. The predicted molar refractivity (Wildman–Crippen MR) is 131 cm³/mol. The van der Waals surface area contributed by atoms with Crippen molar-refractivity contribution >= 4 is 35.0 Å². The van der Waals surface area contributed by atoms with Crippen LogP contribution in [-0.4, -0.2) is 22.8 Å². The molecular weight excluding hydrogens is 443 g/mol. The third-order valence-electron chi connectivity index (χ3n) is 6.26. The van der Waals surface area contributed by atoms with Crippen molar-refractivity contribution < 1.29 is 9.59 Å². The van der Waals surface area contributed by atoms with Crippen LogP contribution < -0.4 is 5.73 Å². The lowest BCUT2D eigenvalue weighted by Gasteiger charge is -2.47. The molecule has 0 bridgehead atoms. The van der Waals surface area contributed by atoms with Gasteiger partial charge in [-0.15, -0.1) is 6.58 Å². The van der Waals surface area contributed by atoms with Gasteiger partial charge in [-0.3, -0.25) is 9.59 Å². The maximum atomic E-state index is 13.7. The second kappa shape index (κ2) is 11.0. The zero-order chi connectivity index (χ0) is 23.3. The first-order valence-electron chi connectivity index (χ1n) is 11.1. The number of unbranched alkanes of at least 4 members (excludes halogenated alkanes) is 1. The third-order valence-corrected chi connectivity index (χ3v) is 6.74. The molecule has 4 unspecified atom stereocenters. The van der Waals surface area contributed by atoms with Crippen LogP contribution in [0.3, 0.4) is 0 Å². The van der Waals surface area contributed by atoms with Crippen molar-refractivity contribution in [3.63, 3.8) is 0 Å². The number of hydrogen-bond donors (Lipinski definition) is 1. The van der Waals surface area contributed by atoms with Gasteiger partial charge in [-0.25, -0.2) is 0 Å². The van der Waals surface area contributed by atoms with E-state index >= 15 is 0 Å². The summed E-state index contributed by atoms with van der Waals surface area (Å²) in [5, 5.41) is 1.25. The molecule has 1 saturated heterocycles. The number of nitrogens with two attached hydrogens (primary N) is 1. The van der Waals surface area contributed by atoms with E-state index in [0.29, 0.717) is 29.3 Å². The van der Waals surface area contributed by atoms with Crippen LogP contribution in [0, 0.1) is 5.92 Å². The Labute approximate surface area is 200 Å². The molecule has 2 aromatic rings. The number of benzene rings is 2. The maximum absolute atomic E-state index is 13.7. The van der Waals surface area contributed by atoms with Crippen LogP contribution >= 0.6 is 23.2 Å². The van der Waals surface area contributed by atoms with E-state index in [1.807, 2.05) is 48.5 Å². The summed E-state index contributed by atoms with van der Waals surface area (Å²) in [4.78, 5) is 28.1. The summed E-state index contributed by atoms with van der Waals surface area (Å²) < 4.78 is 0. The largest absolute Gasteiger partial charge is 0.368 e. The summed E-state index contributed by atoms with van der Waals surface area (Å²) in [6.45, 7) is 5.90. The molecule has 170 valence electrons. The fraction of sp³-hybridized carbons (Fsp3) is 0.385. The lowest BCUT2D eigenvalue weighted by Crippen LogP contribution is -2.55. The molecule has 0 spiro atoms. The minimum atomic E-state index is -0.683. The van der Waals surface area contributed by atoms with Gasteiger partial charge in [-0.05, 0) is 54.7 Å². The van der Waals surface area contributed by atoms with Crippen LogP contribution in [0.15, 0.2) is 61.2 Å². The second-order valence-electron chi connectivity index (χ2n) is 8.42. The van der Waals surface area contributed by atoms with Crippen LogP contribution in [0.1, 0.15) is 62.1 Å². The molecule has 2 aromatic carbocycles. The SMILES string of the molecule is C=CCC1CC(c2cccc(Cl)c2)C(c2ccc(Cl)cc2)N(C(CCCC)C(N)=O)C1=O. The molecular formula is C26H30Cl2N2O2. The highest BCUT2D eigenvalue weighted by Crippen LogP contribution is 2.47. The van der Waals surface area contributed by atoms with Gasteiger partial charge in [0.15, 0.2) is 0 Å². The van der Waals surface area contributed by atoms with Gasteiger partial charge in [-0.1, -0.05) is 73.3 Å². The summed E-state index contributed by atoms with van der Waals surface area (Å²) in [6, 6.07) is 14.2. The molecule has 6 heteroatoms. The highest BCUT2D eigenvalue weighted by Gasteiger charge is 2.46. The Morgan fingerprint density at radius 3 is 2.50 bits per heavy atom. The zero-order valence-electron chi connectivity index (χ0n) is 18.3. The Bertz CT molecular complexity index is 961. The normalized spacial score (nSPS) is 21.9. The van der Waals surface area contributed by atoms with Gasteiger partial charge >= 0.3 is 0 Å². The van der Waals surface area contributed by atoms with Gasteiger partial charge in [0.2, 0.25) is 11.8 Å². The Hall–Kier alpha value is -2.30. The molecule has 1 aliphatic heterocycles. The molecule has 1 aliphatic rings. The van der Waals surface area contributed by atoms with E-state index in [0.717, 1.165) is 24.0 Å². The third kappa shape index (κ3) is 5.36. The van der Waals surface area contributed by atoms with E-state index in [1.165, 1.54) is 0 Å². The number of halogens is 2. The second-order valence-corrected chi connectivity index (χ2v) is 9.29. The van der Waals surface area contributed by atoms with Crippen molar-refractivity contribution in [1.82, 2.24) is 4.90 Å². The van der Waals surface area contributed by atoms with E-state index in [4.69, 9.17) is 28.9 Å². The number of piperidine rings is 1. The summed E-state index contributed by atoms with van der Waals surface area (Å²) in [7, 11) is 0. The van der Waals surface area contributed by atoms with E-state index in [-0.39, 0.29) is 23.8 Å². The van der Waals surface area contributed by atoms with E-state index in [1.54, 1.807) is 11.0 Å². The topological polar surface area (TPSA) is 63.4 Å². The molecule has 2 amide bonds. The van der Waals surface area contributed by atoms with Crippen molar-refractivity contribution in [2.75, 3.05) is 0 Å². The standard InChI is InChI=1S/C26H30Cl2N2O2/c1-3-5-10-23(25(29)31)30-24(17-11-13-20(27)14-12-17)22(16-19(7-4-2)26(30)32)18-8-6-9-21(28)15-18/h4,6,8-9,11-15,19,22-24H,2-3,5,7,10,16H2,1H3,(H2,29,31). The fourth-order valence-electron chi connectivity index (χ4n) is 4.75. The molecule has 32 heavy (non-hydrogen) atoms. The Morgan fingerprint density at radius 2 is 1.91 bits per heavy atom. The number of amides is 2. The average molecular weight is 473 g/mol. The van der Waals surface area contributed by atoms with Crippen molar-refractivity contribution in [2.24, 2.45) is 11.7 Å². The molecule has 4 nitrogen and oxygen atoms in total. The first-order chi connectivity index (χ1) is 15.4. The lowest BCUT2D eigenvalue weighted by atomic mass is 9.74. The van der Waals surface area contributed by atoms with E-state index in [9.17, 15) is 9.59 Å². The van der Waals surface area contributed by atoms with Crippen LogP contribution in [0.5, 0.6) is 0 Å². The van der Waals surface area contributed by atoms with Crippen LogP contribution in [-0.2, 0) is 9.59 Å². The predicted octanol–water partition coefficient (Wildman–Crippen LogP) is 6.29. The molecule has 2 N–H and O–H groups in total. The summed E-state index contributed by atoms with van der Waals surface area (Å²) in [5.74, 6) is -0.859. The smallest absolute Gasteiger partial charge is 0.240 e. The van der Waals surface area contributed by atoms with E-state index in [2.05, 4.69) is 13.5 Å². The average Bonchev–Trinajstić information content (AvgIpc) is 2.76. The Balaban J connectivity index is 2.18. The number of allylic oxidation sites excluding steroid dienone is 1. The molecule has 1 fully saturated rings. The summed E-state index contributed by atoms with van der Waals surface area (Å²) in [5.41, 5.74) is 7.82. The van der Waals surface area contributed by atoms with Crippen LogP contribution in [0.2, 0.25) is 10.0 Å². The molecule has 4 atom stereocenters. The minimum absolute atomic E-state index is 0.0527. The van der Waals surface area contributed by atoms with Crippen LogP contribution in [0.25, 0.3) is 0 Å². The minimum Gasteiger partial charge on any atom is -0.368 e. The number of nitrogens with zero attached hydrogens (tertiary/aromatic N) is 1. The molecule has 1 heterocycles. The molecule has 0 aliphatic carbocycles. The number of rotatable bonds is 9. The number of hydrogen-bond acceptors (Lipinski definition) is 2. The fourth-order valence-corrected chi connectivity index (χ4v) is 5.07. The van der Waals surface area contributed by atoms with Crippen molar-refractivity contribution in [2.45, 2.75) is 57.0 Å². The highest BCUT2D eigenvalue weighted by molar-refractivity contribution is 6.30. The molecule has 0 radical (unpaired) electrons. The summed E-state index contributed by atoms with van der Waals surface area (Å²) in [6.07, 6.45) is 5.19. The van der Waals surface area contributed by atoms with Gasteiger partial charge in [0.05, 0.1) is 6.04 Å². The Morgan fingerprint density at radius 1 is 1.19 bits per heavy atom. The summed E-state index contributed by atoms with van der Waals surface area (Å²) >= 11 is 12.5. The monoisotopic (exact) mass is 472 g/mol. The van der Waals surface area contributed by atoms with Gasteiger partial charge in [0.25, 0.3) is 0 Å². The quantitative estimate of drug-likeness (QED) is 0.435. The van der Waals surface area contributed by atoms with Crippen molar-refractivity contribution in [1.29, 1.82) is 0 Å². The van der Waals surface area contributed by atoms with Gasteiger partial charge in [0, 0.05) is 21.9 Å². The maximum Gasteiger partial charge on any atom is 0.240 e. The molecule has 3 rings (SSSR count). The highest BCUT2D eigenvalue weighted by atomic mass is 35.5. The van der Waals surface area contributed by atoms with E-state index < -0.39 is 11.9 Å². The number of carbonyl (C=O) groups excluding carboxylic acids is 2. The van der Waals surface area contributed by atoms with Gasteiger partial charge < -0.3 is 10.6 Å². The Kier molecular flexibility index (Phi) is 8.38. The molecule has 0 saturated carbocycles. The van der Waals surface area contributed by atoms with Gasteiger partial charge in [-0.2, -0.15) is 0 Å². The first kappa shape index (κ1) is 24.3. The van der Waals surface area contributed by atoms with Crippen LogP contribution in [0.4, 0.5) is 0 Å². The molecule has 0 aromatic heterocycles. The van der Waals surface area contributed by atoms with Crippen molar-refractivity contribution in [3.05, 3.63) is 82.4 Å². The van der Waals surface area contributed by atoms with Crippen molar-refractivity contribution in [3.8, 4) is 0 Å². The number of carbonyl (C=O) groups is 2. The van der Waals surface area contributed by atoms with Gasteiger partial charge in [0.1, 0.15) is 6.04 Å². The number of likely N-dealkylation sites (tertiary alicyclic amines) is 1. The first-order valence-corrected chi connectivity index (χ1v) is 11.9. The zero-order valence-corrected chi connectivity index (χ0v) is 19.9.